The van der Waals surface area contributed by atoms with Crippen LogP contribution in [0.25, 0.3) is 11.1 Å². The first-order chi connectivity index (χ1) is 8.47. The van der Waals surface area contributed by atoms with Gasteiger partial charge in [-0.1, -0.05) is 49.8 Å². The van der Waals surface area contributed by atoms with Crippen LogP contribution in [0.5, 0.6) is 0 Å². The molecule has 0 spiro atoms. The molecular formula is C18H24. The second-order valence-corrected chi connectivity index (χ2v) is 6.02. The fourth-order valence-electron chi connectivity index (χ4n) is 2.89. The molecule has 1 aromatic rings. The highest BCUT2D eigenvalue weighted by Gasteiger charge is 2.23. The second-order valence-electron chi connectivity index (χ2n) is 6.02. The van der Waals surface area contributed by atoms with Crippen LogP contribution < -0.4 is 0 Å². The van der Waals surface area contributed by atoms with E-state index in [-0.39, 0.29) is 0 Å². The van der Waals surface area contributed by atoms with Gasteiger partial charge in [0.15, 0.2) is 0 Å². The lowest BCUT2D eigenvalue weighted by atomic mass is 9.90. The zero-order valence-corrected chi connectivity index (χ0v) is 11.9. The fourth-order valence-corrected chi connectivity index (χ4v) is 2.89. The van der Waals surface area contributed by atoms with Crippen LogP contribution in [0.1, 0.15) is 62.6 Å². The lowest BCUT2D eigenvalue weighted by molar-refractivity contribution is 0.596. The Labute approximate surface area is 111 Å². The molecule has 0 aromatic heterocycles. The average molecular weight is 240 g/mol. The Hall–Kier alpha value is -1.30. The van der Waals surface area contributed by atoms with Crippen molar-refractivity contribution in [2.24, 2.45) is 5.92 Å². The molecule has 2 unspecified atom stereocenters. The highest BCUT2D eigenvalue weighted by Crippen LogP contribution is 2.39. The van der Waals surface area contributed by atoms with Crippen LogP contribution in [0.2, 0.25) is 0 Å². The lowest BCUT2D eigenvalue weighted by Crippen LogP contribution is -1.97. The summed E-state index contributed by atoms with van der Waals surface area (Å²) in [6.07, 6.45) is 4.02. The molecule has 1 aliphatic carbocycles. The molecule has 0 aliphatic heterocycles. The molecule has 0 heteroatoms. The first-order valence-corrected chi connectivity index (χ1v) is 6.94. The van der Waals surface area contributed by atoms with E-state index in [0.29, 0.717) is 0 Å². The van der Waals surface area contributed by atoms with Crippen molar-refractivity contribution in [2.45, 2.75) is 46.0 Å². The van der Waals surface area contributed by atoms with E-state index >= 15 is 0 Å². The summed E-state index contributed by atoms with van der Waals surface area (Å²) < 4.78 is 0. The average Bonchev–Trinajstić information content (AvgIpc) is 2.75. The van der Waals surface area contributed by atoms with Gasteiger partial charge in [0.2, 0.25) is 0 Å². The van der Waals surface area contributed by atoms with Gasteiger partial charge in [0.05, 0.1) is 0 Å². The van der Waals surface area contributed by atoms with Gasteiger partial charge >= 0.3 is 0 Å². The summed E-state index contributed by atoms with van der Waals surface area (Å²) in [7, 11) is 0. The maximum Gasteiger partial charge on any atom is -0.0159 e. The lowest BCUT2D eigenvalue weighted by Gasteiger charge is -2.15. The second kappa shape index (κ2) is 5.14. The molecular weight excluding hydrogens is 216 g/mol. The van der Waals surface area contributed by atoms with Gasteiger partial charge in [-0.05, 0) is 61.3 Å². The van der Waals surface area contributed by atoms with Crippen LogP contribution in [-0.2, 0) is 0 Å². The van der Waals surface area contributed by atoms with E-state index in [0.717, 1.165) is 23.0 Å². The van der Waals surface area contributed by atoms with Crippen molar-refractivity contribution < 1.29 is 0 Å². The molecule has 0 heterocycles. The topological polar surface area (TPSA) is 0 Å². The molecule has 1 fully saturated rings. The minimum absolute atomic E-state index is 0.734. The molecule has 18 heavy (non-hydrogen) atoms. The fraction of sp³-hybridized carbons (Fsp3) is 0.444. The minimum Gasteiger partial charge on any atom is -0.0955 e. The first-order valence-electron chi connectivity index (χ1n) is 6.94. The summed E-state index contributed by atoms with van der Waals surface area (Å²) in [4.78, 5) is 0. The molecule has 96 valence electrons. The molecule has 1 saturated carbocycles. The first kappa shape index (κ1) is 13.1. The minimum atomic E-state index is 0.734. The van der Waals surface area contributed by atoms with Crippen molar-refractivity contribution in [3.8, 4) is 0 Å². The SMILES string of the molecule is C=C(C)c1cc(C(=C)C)cc(C2CCC(C)C2)c1. The van der Waals surface area contributed by atoms with Gasteiger partial charge in [-0.2, -0.15) is 0 Å². The Balaban J connectivity index is 2.40. The van der Waals surface area contributed by atoms with Gasteiger partial charge in [-0.25, -0.2) is 0 Å². The third-order valence-electron chi connectivity index (χ3n) is 4.11. The van der Waals surface area contributed by atoms with E-state index in [1.54, 1.807) is 0 Å². The largest absolute Gasteiger partial charge is 0.0955 e. The number of hydrogen-bond acceptors (Lipinski definition) is 0. The number of hydrogen-bond donors (Lipinski definition) is 0. The summed E-state index contributed by atoms with van der Waals surface area (Å²) >= 11 is 0. The summed E-state index contributed by atoms with van der Waals surface area (Å²) in [5.74, 6) is 1.61. The van der Waals surface area contributed by atoms with Crippen molar-refractivity contribution in [3.05, 3.63) is 48.0 Å². The van der Waals surface area contributed by atoms with E-state index < -0.39 is 0 Å². The molecule has 0 nitrogen and oxygen atoms in total. The summed E-state index contributed by atoms with van der Waals surface area (Å²) in [6, 6.07) is 6.88. The van der Waals surface area contributed by atoms with Crippen LogP contribution in [0.3, 0.4) is 0 Å². The molecule has 1 aromatic carbocycles. The Morgan fingerprint density at radius 1 is 1.00 bits per heavy atom. The standard InChI is InChI=1S/C18H24/c1-12(2)16-9-17(13(3)4)11-18(10-16)15-7-6-14(5)8-15/h9-11,14-15H,1,3,6-8H2,2,4-5H3. The quantitative estimate of drug-likeness (QED) is 0.640. The van der Waals surface area contributed by atoms with Gasteiger partial charge in [-0.3, -0.25) is 0 Å². The third-order valence-corrected chi connectivity index (χ3v) is 4.11. The highest BCUT2D eigenvalue weighted by molar-refractivity contribution is 5.70. The maximum absolute atomic E-state index is 4.08. The Bertz CT molecular complexity index is 447. The molecule has 0 bridgehead atoms. The zero-order valence-electron chi connectivity index (χ0n) is 11.9. The van der Waals surface area contributed by atoms with Crippen molar-refractivity contribution in [1.29, 1.82) is 0 Å². The highest BCUT2D eigenvalue weighted by atomic mass is 14.3. The van der Waals surface area contributed by atoms with E-state index in [4.69, 9.17) is 0 Å². The Morgan fingerprint density at radius 2 is 1.56 bits per heavy atom. The van der Waals surface area contributed by atoms with E-state index in [9.17, 15) is 0 Å². The summed E-state index contributed by atoms with van der Waals surface area (Å²) in [5, 5.41) is 0. The molecule has 2 rings (SSSR count). The Morgan fingerprint density at radius 3 is 1.94 bits per heavy atom. The number of benzene rings is 1. The van der Waals surface area contributed by atoms with E-state index in [1.165, 1.54) is 36.0 Å². The molecule has 1 aliphatic rings. The van der Waals surface area contributed by atoms with Crippen LogP contribution in [0.15, 0.2) is 31.4 Å². The molecule has 0 saturated heterocycles. The smallest absolute Gasteiger partial charge is 0.0159 e. The van der Waals surface area contributed by atoms with Crippen molar-refractivity contribution in [1.82, 2.24) is 0 Å². The van der Waals surface area contributed by atoms with Crippen LogP contribution in [0.4, 0.5) is 0 Å². The van der Waals surface area contributed by atoms with Crippen LogP contribution >= 0.6 is 0 Å². The summed E-state index contributed by atoms with van der Waals surface area (Å²) in [6.45, 7) is 14.7. The normalized spacial score (nSPS) is 23.1. The predicted molar refractivity (Wildman–Crippen MR) is 81.6 cm³/mol. The van der Waals surface area contributed by atoms with Gasteiger partial charge in [0.1, 0.15) is 0 Å². The maximum atomic E-state index is 4.08. The number of allylic oxidation sites excluding steroid dienone is 2. The van der Waals surface area contributed by atoms with E-state index in [2.05, 4.69) is 52.1 Å². The van der Waals surface area contributed by atoms with E-state index in [1.807, 2.05) is 0 Å². The van der Waals surface area contributed by atoms with Crippen molar-refractivity contribution in [3.63, 3.8) is 0 Å². The zero-order chi connectivity index (χ0) is 13.3. The molecule has 0 radical (unpaired) electrons. The van der Waals surface area contributed by atoms with Gasteiger partial charge in [0, 0.05) is 0 Å². The summed E-state index contributed by atoms with van der Waals surface area (Å²) in [5.41, 5.74) is 6.31. The third kappa shape index (κ3) is 2.75. The van der Waals surface area contributed by atoms with Crippen molar-refractivity contribution in [2.75, 3.05) is 0 Å². The van der Waals surface area contributed by atoms with Gasteiger partial charge < -0.3 is 0 Å². The number of rotatable bonds is 3. The van der Waals surface area contributed by atoms with Crippen molar-refractivity contribution >= 4 is 11.1 Å². The Kier molecular flexibility index (Phi) is 3.75. The molecule has 0 N–H and O–H groups in total. The van der Waals surface area contributed by atoms with Gasteiger partial charge in [-0.15, -0.1) is 0 Å². The monoisotopic (exact) mass is 240 g/mol. The molecule has 0 amide bonds. The molecule has 2 atom stereocenters. The van der Waals surface area contributed by atoms with Gasteiger partial charge in [0.25, 0.3) is 0 Å². The predicted octanol–water partition coefficient (Wildman–Crippen LogP) is 5.66. The van der Waals surface area contributed by atoms with Crippen LogP contribution in [0, 0.1) is 5.92 Å². The van der Waals surface area contributed by atoms with Crippen LogP contribution in [-0.4, -0.2) is 0 Å².